The van der Waals surface area contributed by atoms with E-state index in [0.717, 1.165) is 5.56 Å². The van der Waals surface area contributed by atoms with E-state index in [0.29, 0.717) is 11.4 Å². The predicted octanol–water partition coefficient (Wildman–Crippen LogP) is 1.80. The molecule has 8 heteroatoms. The fourth-order valence-corrected chi connectivity index (χ4v) is 2.17. The summed E-state index contributed by atoms with van der Waals surface area (Å²) in [6.45, 7) is 0. The van der Waals surface area contributed by atoms with Crippen LogP contribution in [0.1, 0.15) is 22.1 Å². The van der Waals surface area contributed by atoms with Gasteiger partial charge in [0.25, 0.3) is 5.69 Å². The van der Waals surface area contributed by atoms with E-state index in [1.807, 2.05) is 6.07 Å². The minimum Gasteiger partial charge on any atom is -0.437 e. The average molecular weight is 300 g/mol. The number of esters is 1. The summed E-state index contributed by atoms with van der Waals surface area (Å²) in [5.41, 5.74) is 4.16. The molecule has 0 fully saturated rings. The summed E-state index contributed by atoms with van der Waals surface area (Å²) in [5, 5.41) is 12.2. The summed E-state index contributed by atoms with van der Waals surface area (Å²) < 4.78 is 5.26. The van der Waals surface area contributed by atoms with Crippen molar-refractivity contribution in [3.05, 3.63) is 63.8 Å². The second-order valence-corrected chi connectivity index (χ2v) is 4.69. The lowest BCUT2D eigenvalue weighted by Crippen LogP contribution is -2.38. The zero-order chi connectivity index (χ0) is 15.7. The highest BCUT2D eigenvalue weighted by Crippen LogP contribution is 2.28. The lowest BCUT2D eigenvalue weighted by Gasteiger charge is -2.23. The second-order valence-electron chi connectivity index (χ2n) is 4.69. The third-order valence-electron chi connectivity index (χ3n) is 3.29. The molecule has 1 aromatic carbocycles. The monoisotopic (exact) mass is 300 g/mol. The highest BCUT2D eigenvalue weighted by Gasteiger charge is 2.31. The number of carbonyl (C=O) groups is 1. The second kappa shape index (κ2) is 5.41. The summed E-state index contributed by atoms with van der Waals surface area (Å²) in [4.78, 5) is 25.8. The molecule has 0 saturated carbocycles. The van der Waals surface area contributed by atoms with Crippen molar-refractivity contribution in [1.82, 2.24) is 10.4 Å². The number of nitro groups is 1. The Morgan fingerprint density at radius 3 is 2.77 bits per heavy atom. The highest BCUT2D eigenvalue weighted by atomic mass is 16.6. The first-order valence-corrected chi connectivity index (χ1v) is 6.46. The molecule has 0 bridgehead atoms. The van der Waals surface area contributed by atoms with Crippen molar-refractivity contribution >= 4 is 17.5 Å². The van der Waals surface area contributed by atoms with Crippen LogP contribution < -0.4 is 10.4 Å². The van der Waals surface area contributed by atoms with Crippen LogP contribution in [0.25, 0.3) is 0 Å². The maximum absolute atomic E-state index is 11.7. The predicted molar refractivity (Wildman–Crippen MR) is 77.0 cm³/mol. The van der Waals surface area contributed by atoms with Gasteiger partial charge in [-0.3, -0.25) is 15.1 Å². The zero-order valence-corrected chi connectivity index (χ0v) is 11.6. The van der Waals surface area contributed by atoms with E-state index in [1.165, 1.54) is 18.3 Å². The summed E-state index contributed by atoms with van der Waals surface area (Å²) in [6.07, 6.45) is 0.549. The van der Waals surface area contributed by atoms with Gasteiger partial charge in [0.15, 0.2) is 6.23 Å². The fourth-order valence-electron chi connectivity index (χ4n) is 2.17. The molecule has 0 radical (unpaired) electrons. The molecule has 8 nitrogen and oxygen atoms in total. The van der Waals surface area contributed by atoms with E-state index in [1.54, 1.807) is 30.3 Å². The number of nitrogens with zero attached hydrogens (tertiary/aromatic N) is 3. The van der Waals surface area contributed by atoms with Gasteiger partial charge in [-0.05, 0) is 12.1 Å². The molecule has 0 aliphatic carbocycles. The van der Waals surface area contributed by atoms with Crippen LogP contribution in [0.15, 0.2) is 42.6 Å². The number of aromatic nitrogens is 1. The van der Waals surface area contributed by atoms with Crippen molar-refractivity contribution in [2.75, 3.05) is 12.1 Å². The lowest BCUT2D eigenvalue weighted by atomic mass is 10.1. The van der Waals surface area contributed by atoms with E-state index < -0.39 is 17.1 Å². The number of ether oxygens (including phenoxy) is 1. The van der Waals surface area contributed by atoms with Gasteiger partial charge in [-0.15, -0.1) is 0 Å². The van der Waals surface area contributed by atoms with Crippen LogP contribution in [0, 0.1) is 10.1 Å². The molecular weight excluding hydrogens is 288 g/mol. The maximum atomic E-state index is 11.7. The Kier molecular flexibility index (Phi) is 3.43. The lowest BCUT2D eigenvalue weighted by molar-refractivity contribution is -0.385. The summed E-state index contributed by atoms with van der Waals surface area (Å²) in [5.74, 6) is 0.0733. The molecule has 112 valence electrons. The third-order valence-corrected chi connectivity index (χ3v) is 3.29. The summed E-state index contributed by atoms with van der Waals surface area (Å²) >= 11 is 0. The molecule has 1 aliphatic rings. The van der Waals surface area contributed by atoms with E-state index >= 15 is 0 Å². The number of nitrogens with one attached hydrogen (secondary N) is 1. The standard InChI is InChI=1S/C14H12N4O4/c1-17(12-7-6-9(8-15-12)18(20)21)16-13-10-4-2-3-5-11(10)14(19)22-13/h2-8,13,16H,1H3/t13-/m0/s1. The molecule has 3 rings (SSSR count). The highest BCUT2D eigenvalue weighted by molar-refractivity contribution is 5.93. The van der Waals surface area contributed by atoms with E-state index in [9.17, 15) is 14.9 Å². The van der Waals surface area contributed by atoms with Gasteiger partial charge >= 0.3 is 5.97 Å². The number of carbonyl (C=O) groups excluding carboxylic acids is 1. The smallest absolute Gasteiger partial charge is 0.340 e. The molecule has 1 aromatic heterocycles. The molecule has 1 atom stereocenters. The summed E-state index contributed by atoms with van der Waals surface area (Å²) in [6, 6.07) is 9.95. The Morgan fingerprint density at radius 2 is 2.09 bits per heavy atom. The number of cyclic esters (lactones) is 1. The minimum atomic E-state index is -0.620. The maximum Gasteiger partial charge on any atom is 0.340 e. The van der Waals surface area contributed by atoms with Gasteiger partial charge in [-0.2, -0.15) is 5.43 Å². The number of fused-ring (bicyclic) bond motifs is 1. The first-order valence-electron chi connectivity index (χ1n) is 6.46. The van der Waals surface area contributed by atoms with E-state index in [-0.39, 0.29) is 5.69 Å². The Labute approximate surface area is 125 Å². The first kappa shape index (κ1) is 14.0. The topological polar surface area (TPSA) is 97.6 Å². The van der Waals surface area contributed by atoms with Gasteiger partial charge in [-0.25, -0.2) is 9.78 Å². The molecule has 1 aliphatic heterocycles. The van der Waals surface area contributed by atoms with Gasteiger partial charge in [0.05, 0.1) is 10.5 Å². The molecule has 2 heterocycles. The number of hydrazine groups is 1. The number of hydrogen-bond acceptors (Lipinski definition) is 7. The number of pyridine rings is 1. The van der Waals surface area contributed by atoms with E-state index in [2.05, 4.69) is 10.4 Å². The molecular formula is C14H12N4O4. The van der Waals surface area contributed by atoms with Gasteiger partial charge in [0.1, 0.15) is 12.0 Å². The molecule has 0 saturated heterocycles. The van der Waals surface area contributed by atoms with Crippen LogP contribution in [-0.4, -0.2) is 22.9 Å². The van der Waals surface area contributed by atoms with Crippen LogP contribution in [0.4, 0.5) is 11.5 Å². The Balaban J connectivity index is 1.76. The van der Waals surface area contributed by atoms with Crippen molar-refractivity contribution in [2.45, 2.75) is 6.23 Å². The molecule has 0 unspecified atom stereocenters. The molecule has 0 spiro atoms. The van der Waals surface area contributed by atoms with Crippen molar-refractivity contribution in [3.63, 3.8) is 0 Å². The van der Waals surface area contributed by atoms with Crippen molar-refractivity contribution in [3.8, 4) is 0 Å². The first-order chi connectivity index (χ1) is 10.6. The molecule has 22 heavy (non-hydrogen) atoms. The SMILES string of the molecule is CN(N[C@H]1OC(=O)c2ccccc21)c1ccc([N+](=O)[O-])cn1. The van der Waals surface area contributed by atoms with Gasteiger partial charge in [-0.1, -0.05) is 18.2 Å². The van der Waals surface area contributed by atoms with Crippen molar-refractivity contribution in [2.24, 2.45) is 0 Å². The van der Waals surface area contributed by atoms with Gasteiger partial charge < -0.3 is 4.74 Å². The van der Waals surface area contributed by atoms with Crippen LogP contribution >= 0.6 is 0 Å². The Morgan fingerprint density at radius 1 is 1.32 bits per heavy atom. The van der Waals surface area contributed by atoms with Gasteiger partial charge in [0.2, 0.25) is 0 Å². The molecule has 1 N–H and O–H groups in total. The van der Waals surface area contributed by atoms with Crippen LogP contribution in [0.3, 0.4) is 0 Å². The van der Waals surface area contributed by atoms with Crippen LogP contribution in [0.5, 0.6) is 0 Å². The minimum absolute atomic E-state index is 0.0882. The number of rotatable bonds is 4. The Bertz CT molecular complexity index is 732. The quantitative estimate of drug-likeness (QED) is 0.522. The number of benzene rings is 1. The molecule has 0 amide bonds. The van der Waals surface area contributed by atoms with Crippen LogP contribution in [-0.2, 0) is 4.74 Å². The largest absolute Gasteiger partial charge is 0.437 e. The fraction of sp³-hybridized carbons (Fsp3) is 0.143. The van der Waals surface area contributed by atoms with Crippen molar-refractivity contribution in [1.29, 1.82) is 0 Å². The number of hydrogen-bond donors (Lipinski definition) is 1. The Hall–Kier alpha value is -3.00. The zero-order valence-electron chi connectivity index (χ0n) is 11.6. The third kappa shape index (κ3) is 2.47. The van der Waals surface area contributed by atoms with Crippen molar-refractivity contribution < 1.29 is 14.5 Å². The normalized spacial score (nSPS) is 16.0. The van der Waals surface area contributed by atoms with E-state index in [4.69, 9.17) is 4.74 Å². The van der Waals surface area contributed by atoms with Gasteiger partial charge in [0, 0.05) is 18.7 Å². The molecule has 2 aromatic rings. The van der Waals surface area contributed by atoms with Crippen LogP contribution in [0.2, 0.25) is 0 Å². The summed E-state index contributed by atoms with van der Waals surface area (Å²) in [7, 11) is 1.68. The number of anilines is 1. The average Bonchev–Trinajstić information content (AvgIpc) is 2.84.